The number of hydrogen-bond donors (Lipinski definition) is 3. The number of esters is 1. The predicted molar refractivity (Wildman–Crippen MR) is 108 cm³/mol. The lowest BCUT2D eigenvalue weighted by atomic mass is 9.77. The fourth-order valence-corrected chi connectivity index (χ4v) is 4.26. The van der Waals surface area contributed by atoms with Crippen LogP contribution in [0.5, 0.6) is 17.2 Å². The van der Waals surface area contributed by atoms with E-state index in [2.05, 4.69) is 10.9 Å². The highest BCUT2D eigenvalue weighted by Gasteiger charge is 2.42. The van der Waals surface area contributed by atoms with Gasteiger partial charge in [0, 0.05) is 17.9 Å². The van der Waals surface area contributed by atoms with Gasteiger partial charge in [0.15, 0.2) is 11.5 Å². The lowest BCUT2D eigenvalue weighted by Gasteiger charge is -2.29. The van der Waals surface area contributed by atoms with Crippen molar-refractivity contribution in [3.63, 3.8) is 0 Å². The van der Waals surface area contributed by atoms with E-state index in [9.17, 15) is 9.90 Å². The maximum Gasteiger partial charge on any atom is 0.306 e. The summed E-state index contributed by atoms with van der Waals surface area (Å²) in [7, 11) is 2.92. The second-order valence-corrected chi connectivity index (χ2v) is 7.45. The Balaban J connectivity index is 1.70. The van der Waals surface area contributed by atoms with Crippen LogP contribution in [0.3, 0.4) is 0 Å². The first-order chi connectivity index (χ1) is 14.6. The van der Waals surface area contributed by atoms with Gasteiger partial charge in [0.2, 0.25) is 12.5 Å². The molecule has 0 aromatic heterocycles. The van der Waals surface area contributed by atoms with E-state index in [1.807, 2.05) is 42.5 Å². The summed E-state index contributed by atoms with van der Waals surface area (Å²) in [6, 6.07) is 13.6. The van der Waals surface area contributed by atoms with Gasteiger partial charge in [0.05, 0.1) is 20.6 Å². The number of methoxy groups -OCH3 is 2. The second-order valence-electron chi connectivity index (χ2n) is 7.45. The maximum atomic E-state index is 12.3. The average Bonchev–Trinajstić information content (AvgIpc) is 3.38. The van der Waals surface area contributed by atoms with Crippen molar-refractivity contribution in [2.45, 2.75) is 31.0 Å². The Hall–Kier alpha value is -2.81. The van der Waals surface area contributed by atoms with Crippen LogP contribution in [0.2, 0.25) is 0 Å². The second kappa shape index (κ2) is 8.91. The molecule has 1 fully saturated rings. The fraction of sp³-hybridized carbons (Fsp3) is 0.409. The van der Waals surface area contributed by atoms with Gasteiger partial charge in [-0.25, -0.2) is 5.43 Å². The fourth-order valence-electron chi connectivity index (χ4n) is 4.26. The van der Waals surface area contributed by atoms with Gasteiger partial charge in [-0.1, -0.05) is 30.3 Å². The summed E-state index contributed by atoms with van der Waals surface area (Å²) in [6.45, 7) is 0.114. The van der Waals surface area contributed by atoms with E-state index in [1.54, 1.807) is 7.11 Å². The number of aliphatic hydroxyl groups excluding tert-OH is 1. The highest BCUT2D eigenvalue weighted by molar-refractivity contribution is 5.71. The molecule has 2 aliphatic rings. The largest absolute Gasteiger partial charge is 0.493 e. The molecule has 4 unspecified atom stereocenters. The first-order valence-electron chi connectivity index (χ1n) is 9.88. The molecule has 4 atom stereocenters. The molecule has 0 bridgehead atoms. The smallest absolute Gasteiger partial charge is 0.306 e. The minimum atomic E-state index is -0.843. The summed E-state index contributed by atoms with van der Waals surface area (Å²) in [5, 5.41) is 10.8. The van der Waals surface area contributed by atoms with E-state index in [0.29, 0.717) is 23.7 Å². The Morgan fingerprint density at radius 2 is 2.00 bits per heavy atom. The Kier molecular flexibility index (Phi) is 6.08. The number of aliphatic hydroxyl groups is 1. The van der Waals surface area contributed by atoms with Gasteiger partial charge >= 0.3 is 5.97 Å². The Morgan fingerprint density at radius 1 is 1.20 bits per heavy atom. The number of ether oxygens (including phenoxy) is 4. The van der Waals surface area contributed by atoms with Crippen molar-refractivity contribution >= 4 is 5.97 Å². The number of rotatable bonds is 7. The van der Waals surface area contributed by atoms with Crippen molar-refractivity contribution in [1.29, 1.82) is 0 Å². The lowest BCUT2D eigenvalue weighted by Crippen LogP contribution is -2.36. The van der Waals surface area contributed by atoms with Crippen molar-refractivity contribution in [2.24, 2.45) is 5.92 Å². The van der Waals surface area contributed by atoms with Crippen molar-refractivity contribution in [3.8, 4) is 17.2 Å². The zero-order chi connectivity index (χ0) is 21.1. The zero-order valence-corrected chi connectivity index (χ0v) is 17.0. The predicted octanol–water partition coefficient (Wildman–Crippen LogP) is 1.72. The van der Waals surface area contributed by atoms with E-state index >= 15 is 0 Å². The number of fused-ring (bicyclic) bond motifs is 1. The molecule has 1 saturated heterocycles. The van der Waals surface area contributed by atoms with Gasteiger partial charge in [-0.3, -0.25) is 10.2 Å². The summed E-state index contributed by atoms with van der Waals surface area (Å²) in [6.07, 6.45) is -0.0466. The minimum Gasteiger partial charge on any atom is -0.493 e. The Labute approximate surface area is 175 Å². The molecule has 8 nitrogen and oxygen atoms in total. The van der Waals surface area contributed by atoms with E-state index in [4.69, 9.17) is 18.9 Å². The molecule has 3 N–H and O–H groups in total. The quantitative estimate of drug-likeness (QED) is 0.590. The molecule has 2 aliphatic heterocycles. The first-order valence-corrected chi connectivity index (χ1v) is 9.88. The van der Waals surface area contributed by atoms with E-state index < -0.39 is 6.23 Å². The molecule has 0 amide bonds. The third kappa shape index (κ3) is 4.07. The third-order valence-corrected chi connectivity index (χ3v) is 5.73. The Bertz CT molecular complexity index is 891. The van der Waals surface area contributed by atoms with Crippen LogP contribution >= 0.6 is 0 Å². The molecule has 0 aliphatic carbocycles. The van der Waals surface area contributed by atoms with Crippen LogP contribution in [0.1, 0.15) is 23.5 Å². The molecular weight excluding hydrogens is 388 g/mol. The van der Waals surface area contributed by atoms with E-state index in [1.165, 1.54) is 7.11 Å². The standard InChI is InChI=1S/C22H26N2O6/c1-27-17-9-14(10-18-21(17)30-12-29-18)15(11-19(25)28-2)20-16(23-24-22(20)26)8-13-6-4-3-5-7-13/h3-7,9-10,15-16,20,22-24,26H,8,11-12H2,1-2H3. The molecule has 2 aromatic carbocycles. The Morgan fingerprint density at radius 3 is 2.73 bits per heavy atom. The van der Waals surface area contributed by atoms with Crippen LogP contribution in [-0.4, -0.2) is 44.4 Å². The SMILES string of the molecule is COC(=O)CC(c1cc(OC)c2c(c1)OCO2)C1C(O)NNC1Cc1ccccc1. The summed E-state index contributed by atoms with van der Waals surface area (Å²) in [5.74, 6) is 0.646. The number of hydrogen-bond acceptors (Lipinski definition) is 8. The van der Waals surface area contributed by atoms with Crippen LogP contribution in [0.15, 0.2) is 42.5 Å². The van der Waals surface area contributed by atoms with E-state index in [-0.39, 0.29) is 37.1 Å². The van der Waals surface area contributed by atoms with Crippen LogP contribution < -0.4 is 25.1 Å². The molecule has 160 valence electrons. The zero-order valence-electron chi connectivity index (χ0n) is 17.0. The lowest BCUT2D eigenvalue weighted by molar-refractivity contribution is -0.141. The van der Waals surface area contributed by atoms with Crippen LogP contribution in [0.4, 0.5) is 0 Å². The van der Waals surface area contributed by atoms with Gasteiger partial charge in [-0.2, -0.15) is 0 Å². The highest BCUT2D eigenvalue weighted by atomic mass is 16.7. The van der Waals surface area contributed by atoms with Gasteiger partial charge < -0.3 is 24.1 Å². The van der Waals surface area contributed by atoms with Crippen LogP contribution in [0.25, 0.3) is 0 Å². The number of hydrazine groups is 1. The minimum absolute atomic E-state index is 0.103. The van der Waals surface area contributed by atoms with Gasteiger partial charge in [-0.15, -0.1) is 0 Å². The molecule has 8 heteroatoms. The summed E-state index contributed by atoms with van der Waals surface area (Å²) >= 11 is 0. The van der Waals surface area contributed by atoms with E-state index in [0.717, 1.165) is 11.1 Å². The molecule has 0 saturated carbocycles. The molecule has 2 heterocycles. The summed E-state index contributed by atoms with van der Waals surface area (Å²) in [4.78, 5) is 12.3. The van der Waals surface area contributed by atoms with Crippen molar-refractivity contribution in [2.75, 3.05) is 21.0 Å². The molecule has 0 radical (unpaired) electrons. The molecular formula is C22H26N2O6. The van der Waals surface area contributed by atoms with Crippen LogP contribution in [-0.2, 0) is 16.0 Å². The summed E-state index contributed by atoms with van der Waals surface area (Å²) < 4.78 is 21.5. The van der Waals surface area contributed by atoms with Gasteiger partial charge in [0.1, 0.15) is 6.23 Å². The van der Waals surface area contributed by atoms with Crippen molar-refractivity contribution in [1.82, 2.24) is 10.9 Å². The van der Waals surface area contributed by atoms with Crippen molar-refractivity contribution < 1.29 is 28.8 Å². The van der Waals surface area contributed by atoms with Crippen LogP contribution in [0, 0.1) is 5.92 Å². The molecule has 30 heavy (non-hydrogen) atoms. The third-order valence-electron chi connectivity index (χ3n) is 5.73. The first kappa shape index (κ1) is 20.5. The number of carbonyl (C=O) groups excluding carboxylic acids is 1. The summed E-state index contributed by atoms with van der Waals surface area (Å²) in [5.41, 5.74) is 8.07. The highest BCUT2D eigenvalue weighted by Crippen LogP contribution is 2.46. The number of carbonyl (C=O) groups is 1. The van der Waals surface area contributed by atoms with Gasteiger partial charge in [-0.05, 0) is 29.7 Å². The maximum absolute atomic E-state index is 12.3. The molecule has 0 spiro atoms. The normalized spacial score (nSPS) is 23.2. The topological polar surface area (TPSA) is 98.3 Å². The molecule has 2 aromatic rings. The molecule has 4 rings (SSSR count). The monoisotopic (exact) mass is 414 g/mol. The number of nitrogens with one attached hydrogen (secondary N) is 2. The van der Waals surface area contributed by atoms with Gasteiger partial charge in [0.25, 0.3) is 0 Å². The average molecular weight is 414 g/mol. The van der Waals surface area contributed by atoms with Crippen molar-refractivity contribution in [3.05, 3.63) is 53.6 Å². The number of benzene rings is 2.